The van der Waals surface area contributed by atoms with Crippen LogP contribution in [0.2, 0.25) is 0 Å². The zero-order chi connectivity index (χ0) is 15.8. The van der Waals surface area contributed by atoms with Crippen LogP contribution in [0.1, 0.15) is 50.2 Å². The van der Waals surface area contributed by atoms with E-state index < -0.39 is 7.26 Å². The molecule has 22 heavy (non-hydrogen) atoms. The van der Waals surface area contributed by atoms with Crippen molar-refractivity contribution in [1.29, 1.82) is 0 Å². The van der Waals surface area contributed by atoms with E-state index in [-0.39, 0.29) is 5.16 Å². The molecule has 1 amide bonds. The van der Waals surface area contributed by atoms with Crippen LogP contribution in [0.4, 0.5) is 5.69 Å². The molecule has 1 aromatic carbocycles. The van der Waals surface area contributed by atoms with Crippen LogP contribution in [-0.4, -0.2) is 29.5 Å². The minimum Gasteiger partial charge on any atom is -0.322 e. The first kappa shape index (κ1) is 16.0. The van der Waals surface area contributed by atoms with Crippen LogP contribution in [0, 0.1) is 13.8 Å². The highest BCUT2D eigenvalue weighted by molar-refractivity contribution is 7.78. The van der Waals surface area contributed by atoms with E-state index >= 15 is 0 Å². The van der Waals surface area contributed by atoms with E-state index in [9.17, 15) is 4.79 Å². The molecule has 1 aliphatic carbocycles. The van der Waals surface area contributed by atoms with Crippen LogP contribution in [0.25, 0.3) is 0 Å². The van der Waals surface area contributed by atoms with Crippen molar-refractivity contribution in [2.75, 3.05) is 23.8 Å². The largest absolute Gasteiger partial charge is 0.322 e. The topological polar surface area (TPSA) is 29.1 Å². The predicted molar refractivity (Wildman–Crippen MR) is 97.6 cm³/mol. The molecule has 1 saturated carbocycles. The average molecular weight is 318 g/mol. The Kier molecular flexibility index (Phi) is 4.34. The van der Waals surface area contributed by atoms with Crippen molar-refractivity contribution in [3.63, 3.8) is 0 Å². The quantitative estimate of drug-likeness (QED) is 0.778. The molecule has 3 heteroatoms. The van der Waals surface area contributed by atoms with Crippen LogP contribution in [0.15, 0.2) is 18.2 Å². The Morgan fingerprint density at radius 1 is 1.14 bits per heavy atom. The van der Waals surface area contributed by atoms with Crippen LogP contribution in [0.3, 0.4) is 0 Å². The third kappa shape index (κ3) is 2.31. The monoisotopic (exact) mass is 318 g/mol. The smallest absolute Gasteiger partial charge is 0.268 e. The van der Waals surface area contributed by atoms with Gasteiger partial charge in [-0.1, -0.05) is 18.2 Å². The second kappa shape index (κ2) is 5.96. The number of rotatable bonds is 4. The SMILES string of the molecule is CC[P+]1(C2(C(=O)Nc3c(C)cccc3C)CCC2)CCCC1. The highest BCUT2D eigenvalue weighted by Crippen LogP contribution is 2.77. The molecule has 0 radical (unpaired) electrons. The standard InChI is InChI=1S/C19H28NOP/c1-4-22(13-5-6-14-22)19(11-8-12-19)18(21)20-17-15(2)9-7-10-16(17)3/h7,9-10H,4-6,8,11-14H2,1-3H3/p+1. The number of para-hydroxylation sites is 1. The Hall–Kier alpha value is -0.880. The van der Waals surface area contributed by atoms with Gasteiger partial charge in [0.05, 0.1) is 18.5 Å². The summed E-state index contributed by atoms with van der Waals surface area (Å²) in [5.41, 5.74) is 3.41. The van der Waals surface area contributed by atoms with Gasteiger partial charge in [0.15, 0.2) is 5.16 Å². The second-order valence-corrected chi connectivity index (χ2v) is 11.9. The lowest BCUT2D eigenvalue weighted by Gasteiger charge is -2.47. The van der Waals surface area contributed by atoms with Gasteiger partial charge in [-0.2, -0.15) is 0 Å². The summed E-state index contributed by atoms with van der Waals surface area (Å²) < 4.78 is 0. The van der Waals surface area contributed by atoms with Gasteiger partial charge in [0.25, 0.3) is 5.91 Å². The van der Waals surface area contributed by atoms with Crippen molar-refractivity contribution < 1.29 is 4.79 Å². The fourth-order valence-electron chi connectivity index (χ4n) is 4.66. The van der Waals surface area contributed by atoms with Crippen molar-refractivity contribution in [3.05, 3.63) is 29.3 Å². The number of benzene rings is 1. The Morgan fingerprint density at radius 2 is 1.73 bits per heavy atom. The Labute approximate surface area is 135 Å². The summed E-state index contributed by atoms with van der Waals surface area (Å²) in [6.07, 6.45) is 10.2. The van der Waals surface area contributed by atoms with Gasteiger partial charge in [-0.05, 0) is 64.0 Å². The molecule has 0 aromatic heterocycles. The molecule has 0 atom stereocenters. The molecule has 0 unspecified atom stereocenters. The average Bonchev–Trinajstić information content (AvgIpc) is 2.92. The lowest BCUT2D eigenvalue weighted by Crippen LogP contribution is -2.51. The number of hydrogen-bond donors (Lipinski definition) is 1. The summed E-state index contributed by atoms with van der Waals surface area (Å²) in [6, 6.07) is 6.25. The van der Waals surface area contributed by atoms with Gasteiger partial charge >= 0.3 is 0 Å². The number of carbonyl (C=O) groups excluding carboxylic acids is 1. The molecule has 3 rings (SSSR count). The van der Waals surface area contributed by atoms with Gasteiger partial charge in [0.1, 0.15) is 0 Å². The molecule has 120 valence electrons. The van der Waals surface area contributed by atoms with Crippen molar-refractivity contribution in [2.24, 2.45) is 0 Å². The molecule has 2 fully saturated rings. The molecule has 2 nitrogen and oxygen atoms in total. The normalized spacial score (nSPS) is 22.1. The molecule has 1 aromatic rings. The van der Waals surface area contributed by atoms with Gasteiger partial charge in [-0.3, -0.25) is 4.79 Å². The summed E-state index contributed by atoms with van der Waals surface area (Å²) in [4.78, 5) is 13.3. The third-order valence-electron chi connectivity index (χ3n) is 6.26. The van der Waals surface area contributed by atoms with Crippen LogP contribution < -0.4 is 5.32 Å². The van der Waals surface area contributed by atoms with E-state index in [4.69, 9.17) is 0 Å². The summed E-state index contributed by atoms with van der Waals surface area (Å²) in [7, 11) is -1.10. The Morgan fingerprint density at radius 3 is 2.18 bits per heavy atom. The lowest BCUT2D eigenvalue weighted by atomic mass is 9.83. The minimum atomic E-state index is -1.10. The number of hydrogen-bond acceptors (Lipinski definition) is 1. The summed E-state index contributed by atoms with van der Waals surface area (Å²) in [5.74, 6) is 0.341. The summed E-state index contributed by atoms with van der Waals surface area (Å²) in [6.45, 7) is 6.53. The van der Waals surface area contributed by atoms with Crippen molar-refractivity contribution in [1.82, 2.24) is 0 Å². The first-order valence-electron chi connectivity index (χ1n) is 8.78. The first-order valence-corrected chi connectivity index (χ1v) is 11.1. The van der Waals surface area contributed by atoms with Crippen LogP contribution in [0.5, 0.6) is 0 Å². The van der Waals surface area contributed by atoms with Crippen molar-refractivity contribution in [2.45, 2.75) is 58.0 Å². The molecule has 2 aliphatic rings. The van der Waals surface area contributed by atoms with E-state index in [2.05, 4.69) is 44.3 Å². The fourth-order valence-corrected chi connectivity index (χ4v) is 10.4. The summed E-state index contributed by atoms with van der Waals surface area (Å²) in [5, 5.41) is 3.35. The van der Waals surface area contributed by atoms with Crippen LogP contribution in [-0.2, 0) is 4.79 Å². The molecular formula is C19H29NOP+. The van der Waals surface area contributed by atoms with E-state index in [0.717, 1.165) is 18.5 Å². The van der Waals surface area contributed by atoms with Gasteiger partial charge in [-0.15, -0.1) is 0 Å². The molecule has 1 heterocycles. The predicted octanol–water partition coefficient (Wildman–Crippen LogP) is 5.00. The maximum Gasteiger partial charge on any atom is 0.268 e. The number of amides is 1. The van der Waals surface area contributed by atoms with Gasteiger partial charge in [0, 0.05) is 12.9 Å². The van der Waals surface area contributed by atoms with E-state index in [1.54, 1.807) is 0 Å². The highest BCUT2D eigenvalue weighted by atomic mass is 31.2. The maximum atomic E-state index is 13.3. The highest BCUT2D eigenvalue weighted by Gasteiger charge is 2.65. The molecule has 1 N–H and O–H groups in total. The molecule has 0 spiro atoms. The number of aryl methyl sites for hydroxylation is 2. The van der Waals surface area contributed by atoms with Crippen molar-refractivity contribution >= 4 is 18.9 Å². The molecule has 1 saturated heterocycles. The third-order valence-corrected chi connectivity index (χ3v) is 12.3. The zero-order valence-electron chi connectivity index (χ0n) is 14.2. The lowest BCUT2D eigenvalue weighted by molar-refractivity contribution is -0.120. The maximum absolute atomic E-state index is 13.3. The van der Waals surface area contributed by atoms with Crippen molar-refractivity contribution in [3.8, 4) is 0 Å². The van der Waals surface area contributed by atoms with E-state index in [1.807, 2.05) is 0 Å². The van der Waals surface area contributed by atoms with E-state index in [1.165, 1.54) is 48.9 Å². The van der Waals surface area contributed by atoms with Gasteiger partial charge in [0.2, 0.25) is 0 Å². The molecule has 1 aliphatic heterocycles. The minimum absolute atomic E-state index is 0.00692. The van der Waals surface area contributed by atoms with E-state index in [0.29, 0.717) is 5.91 Å². The second-order valence-electron chi connectivity index (χ2n) is 7.22. The summed E-state index contributed by atoms with van der Waals surface area (Å²) >= 11 is 0. The Bertz CT molecular complexity index is 551. The number of anilines is 1. The number of carbonyl (C=O) groups is 1. The fraction of sp³-hybridized carbons (Fsp3) is 0.632. The molecular weight excluding hydrogens is 289 g/mol. The first-order chi connectivity index (χ1) is 10.5. The Balaban J connectivity index is 1.89. The zero-order valence-corrected chi connectivity index (χ0v) is 15.1. The van der Waals surface area contributed by atoms with Gasteiger partial charge in [-0.25, -0.2) is 0 Å². The van der Waals surface area contributed by atoms with Gasteiger partial charge < -0.3 is 5.32 Å². The number of nitrogens with one attached hydrogen (secondary N) is 1. The van der Waals surface area contributed by atoms with Crippen LogP contribution >= 0.6 is 7.26 Å². The molecule has 0 bridgehead atoms.